The standard InChI is InChI=1S/C11H18NO2PS/c1-10(2)9-12-15(16,13-3)14-11-7-5-4-6-8-11/h4-8,10H,9H2,1-3H3,(H,12,16). The van der Waals surface area contributed by atoms with Crippen LogP contribution in [0.3, 0.4) is 0 Å². The molecule has 0 amide bonds. The first-order valence-corrected chi connectivity index (χ1v) is 7.85. The van der Waals surface area contributed by atoms with Gasteiger partial charge >= 0.3 is 6.64 Å². The van der Waals surface area contributed by atoms with Crippen LogP contribution in [0, 0.1) is 5.92 Å². The second-order valence-electron chi connectivity index (χ2n) is 3.84. The van der Waals surface area contributed by atoms with Crippen LogP contribution in [0.4, 0.5) is 0 Å². The molecule has 1 rings (SSSR count). The van der Waals surface area contributed by atoms with Crippen molar-refractivity contribution in [2.75, 3.05) is 13.7 Å². The number of hydrogen-bond donors (Lipinski definition) is 1. The number of rotatable bonds is 6. The third-order valence-electron chi connectivity index (χ3n) is 1.90. The lowest BCUT2D eigenvalue weighted by Crippen LogP contribution is -2.20. The summed E-state index contributed by atoms with van der Waals surface area (Å²) < 4.78 is 11.0. The average molecular weight is 259 g/mol. The normalized spacial score (nSPS) is 14.8. The number of hydrogen-bond acceptors (Lipinski definition) is 3. The molecule has 0 heterocycles. The number of para-hydroxylation sites is 1. The maximum absolute atomic E-state index is 5.69. The molecule has 0 saturated carbocycles. The van der Waals surface area contributed by atoms with E-state index in [2.05, 4.69) is 18.9 Å². The van der Waals surface area contributed by atoms with Crippen molar-refractivity contribution in [1.82, 2.24) is 5.09 Å². The highest BCUT2D eigenvalue weighted by atomic mass is 32.5. The monoisotopic (exact) mass is 259 g/mol. The number of benzene rings is 1. The summed E-state index contributed by atoms with van der Waals surface area (Å²) in [6.45, 7) is 2.63. The molecule has 3 nitrogen and oxygen atoms in total. The van der Waals surface area contributed by atoms with Gasteiger partial charge < -0.3 is 9.05 Å². The van der Waals surface area contributed by atoms with E-state index in [0.29, 0.717) is 5.92 Å². The van der Waals surface area contributed by atoms with Crippen molar-refractivity contribution < 1.29 is 9.05 Å². The molecule has 1 N–H and O–H groups in total. The molecule has 0 aliphatic heterocycles. The zero-order chi connectivity index (χ0) is 12.0. The van der Waals surface area contributed by atoms with Gasteiger partial charge in [-0.05, 0) is 29.9 Å². The van der Waals surface area contributed by atoms with Crippen molar-refractivity contribution in [3.63, 3.8) is 0 Å². The lowest BCUT2D eigenvalue weighted by Gasteiger charge is -2.22. The van der Waals surface area contributed by atoms with Crippen molar-refractivity contribution in [3.8, 4) is 5.75 Å². The van der Waals surface area contributed by atoms with Crippen LogP contribution in [0.1, 0.15) is 13.8 Å². The summed E-state index contributed by atoms with van der Waals surface area (Å²) in [7, 11) is 1.58. The Hall–Kier alpha value is -0.410. The minimum atomic E-state index is -2.39. The van der Waals surface area contributed by atoms with Crippen LogP contribution < -0.4 is 9.61 Å². The molecule has 1 unspecified atom stereocenters. The van der Waals surface area contributed by atoms with E-state index in [1.807, 2.05) is 30.3 Å². The summed E-state index contributed by atoms with van der Waals surface area (Å²) in [4.78, 5) is 0. The van der Waals surface area contributed by atoms with Crippen molar-refractivity contribution in [3.05, 3.63) is 30.3 Å². The zero-order valence-electron chi connectivity index (χ0n) is 9.84. The van der Waals surface area contributed by atoms with E-state index in [0.717, 1.165) is 12.3 Å². The van der Waals surface area contributed by atoms with Gasteiger partial charge in [0, 0.05) is 13.7 Å². The van der Waals surface area contributed by atoms with Crippen molar-refractivity contribution in [1.29, 1.82) is 0 Å². The fourth-order valence-electron chi connectivity index (χ4n) is 1.05. The van der Waals surface area contributed by atoms with Crippen LogP contribution in [0.15, 0.2) is 30.3 Å². The Bertz CT molecular complexity index is 356. The predicted octanol–water partition coefficient (Wildman–Crippen LogP) is 3.18. The van der Waals surface area contributed by atoms with Gasteiger partial charge in [-0.1, -0.05) is 32.0 Å². The molecule has 0 saturated heterocycles. The van der Waals surface area contributed by atoms with Gasteiger partial charge in [-0.2, -0.15) is 0 Å². The van der Waals surface area contributed by atoms with Crippen LogP contribution in [0.5, 0.6) is 5.75 Å². The van der Waals surface area contributed by atoms with Crippen LogP contribution in [-0.2, 0) is 16.3 Å². The lowest BCUT2D eigenvalue weighted by atomic mass is 10.2. The van der Waals surface area contributed by atoms with Crippen LogP contribution >= 0.6 is 6.64 Å². The summed E-state index contributed by atoms with van der Waals surface area (Å²) in [5, 5.41) is 3.18. The first-order valence-electron chi connectivity index (χ1n) is 5.21. The largest absolute Gasteiger partial charge is 0.433 e. The molecule has 1 aromatic carbocycles. The lowest BCUT2D eigenvalue weighted by molar-refractivity contribution is 0.376. The topological polar surface area (TPSA) is 30.5 Å². The molecular formula is C11H18NO2PS. The molecule has 0 spiro atoms. The molecule has 1 atom stereocenters. The summed E-state index contributed by atoms with van der Waals surface area (Å²) in [6.07, 6.45) is 0. The third kappa shape index (κ3) is 4.62. The zero-order valence-corrected chi connectivity index (χ0v) is 11.6. The van der Waals surface area contributed by atoms with E-state index in [1.165, 1.54) is 0 Å². The SMILES string of the molecule is COP(=S)(NCC(C)C)Oc1ccccc1. The second kappa shape index (κ2) is 6.36. The molecule has 0 aromatic heterocycles. The molecule has 90 valence electrons. The molecule has 0 radical (unpaired) electrons. The molecule has 0 aliphatic carbocycles. The maximum Gasteiger partial charge on any atom is 0.312 e. The Balaban J connectivity index is 2.63. The van der Waals surface area contributed by atoms with Gasteiger partial charge in [0.15, 0.2) is 0 Å². The van der Waals surface area contributed by atoms with Crippen molar-refractivity contribution in [2.45, 2.75) is 13.8 Å². The van der Waals surface area contributed by atoms with Gasteiger partial charge in [0.1, 0.15) is 5.75 Å². The Labute approximate surface area is 102 Å². The molecule has 1 aromatic rings. The van der Waals surface area contributed by atoms with Crippen LogP contribution in [0.2, 0.25) is 0 Å². The van der Waals surface area contributed by atoms with E-state index in [4.69, 9.17) is 20.9 Å². The molecule has 0 fully saturated rings. The summed E-state index contributed by atoms with van der Waals surface area (Å²) in [5.74, 6) is 1.25. The minimum Gasteiger partial charge on any atom is -0.433 e. The van der Waals surface area contributed by atoms with Crippen LogP contribution in [-0.4, -0.2) is 13.7 Å². The van der Waals surface area contributed by atoms with E-state index in [1.54, 1.807) is 7.11 Å². The second-order valence-corrected chi connectivity index (χ2v) is 7.14. The third-order valence-corrected chi connectivity index (χ3v) is 4.46. The fourth-order valence-corrected chi connectivity index (χ4v) is 2.79. The van der Waals surface area contributed by atoms with Crippen molar-refractivity contribution >= 4 is 18.4 Å². The highest BCUT2D eigenvalue weighted by molar-refractivity contribution is 8.09. The Morgan fingerprint density at radius 2 is 1.94 bits per heavy atom. The van der Waals surface area contributed by atoms with Gasteiger partial charge in [-0.15, -0.1) is 0 Å². The first kappa shape index (κ1) is 13.7. The van der Waals surface area contributed by atoms with Gasteiger partial charge in [0.25, 0.3) is 0 Å². The number of nitrogens with one attached hydrogen (secondary N) is 1. The van der Waals surface area contributed by atoms with E-state index >= 15 is 0 Å². The van der Waals surface area contributed by atoms with E-state index < -0.39 is 6.64 Å². The fraction of sp³-hybridized carbons (Fsp3) is 0.455. The van der Waals surface area contributed by atoms with Gasteiger partial charge in [0.2, 0.25) is 0 Å². The maximum atomic E-state index is 5.69. The molecule has 16 heavy (non-hydrogen) atoms. The minimum absolute atomic E-state index is 0.511. The Morgan fingerprint density at radius 3 is 2.44 bits per heavy atom. The van der Waals surface area contributed by atoms with Crippen LogP contribution in [0.25, 0.3) is 0 Å². The summed E-state index contributed by atoms with van der Waals surface area (Å²) in [5.41, 5.74) is 0. The molecular weight excluding hydrogens is 241 g/mol. The smallest absolute Gasteiger partial charge is 0.312 e. The average Bonchev–Trinajstić information content (AvgIpc) is 2.28. The Morgan fingerprint density at radius 1 is 1.31 bits per heavy atom. The van der Waals surface area contributed by atoms with Gasteiger partial charge in [-0.25, -0.2) is 5.09 Å². The first-order chi connectivity index (χ1) is 7.56. The molecule has 0 aliphatic rings. The van der Waals surface area contributed by atoms with Crippen molar-refractivity contribution in [2.24, 2.45) is 5.92 Å². The van der Waals surface area contributed by atoms with Gasteiger partial charge in [-0.3, -0.25) is 0 Å². The van der Waals surface area contributed by atoms with E-state index in [9.17, 15) is 0 Å². The van der Waals surface area contributed by atoms with E-state index in [-0.39, 0.29) is 0 Å². The Kier molecular flexibility index (Phi) is 5.42. The summed E-state index contributed by atoms with van der Waals surface area (Å²) >= 11 is 5.36. The highest BCUT2D eigenvalue weighted by Crippen LogP contribution is 2.43. The predicted molar refractivity (Wildman–Crippen MR) is 71.2 cm³/mol. The molecule has 5 heteroatoms. The highest BCUT2D eigenvalue weighted by Gasteiger charge is 2.18. The van der Waals surface area contributed by atoms with Gasteiger partial charge in [0.05, 0.1) is 0 Å². The summed E-state index contributed by atoms with van der Waals surface area (Å²) in [6, 6.07) is 9.50. The molecule has 0 bridgehead atoms. The quantitative estimate of drug-likeness (QED) is 0.795.